The minimum absolute atomic E-state index is 0.112. The Morgan fingerprint density at radius 1 is 1.21 bits per heavy atom. The summed E-state index contributed by atoms with van der Waals surface area (Å²) in [5, 5.41) is 13.9. The lowest BCUT2D eigenvalue weighted by atomic mass is 10.1. The molecule has 0 saturated carbocycles. The Balaban J connectivity index is 2.25. The molecule has 0 aliphatic carbocycles. The number of rotatable bonds is 7. The summed E-state index contributed by atoms with van der Waals surface area (Å²) in [4.78, 5) is 55.3. The van der Waals surface area contributed by atoms with Gasteiger partial charge in [0.15, 0.2) is 0 Å². The fraction of sp³-hybridized carbons (Fsp3) is 0.333. The van der Waals surface area contributed by atoms with E-state index in [1.54, 1.807) is 0 Å². The summed E-state index contributed by atoms with van der Waals surface area (Å²) >= 11 is 0. The molecule has 0 saturated heterocycles. The van der Waals surface area contributed by atoms with E-state index in [4.69, 9.17) is 9.79 Å². The molecule has 0 spiro atoms. The van der Waals surface area contributed by atoms with Crippen molar-refractivity contribution < 1.29 is 19.3 Å². The van der Waals surface area contributed by atoms with Crippen LogP contribution >= 0.6 is 7.60 Å². The van der Waals surface area contributed by atoms with Crippen LogP contribution in [0.2, 0.25) is 0 Å². The molecule has 1 aromatic heterocycles. The first kappa shape index (κ1) is 18.0. The van der Waals surface area contributed by atoms with Crippen molar-refractivity contribution in [2.45, 2.75) is 13.0 Å². The van der Waals surface area contributed by atoms with Crippen molar-refractivity contribution in [1.82, 2.24) is 15.3 Å². The van der Waals surface area contributed by atoms with E-state index in [0.717, 1.165) is 6.07 Å². The number of aromatic nitrogens is 2. The third kappa shape index (κ3) is 4.59. The molecule has 2 rings (SSSR count). The van der Waals surface area contributed by atoms with Crippen LogP contribution in [0.1, 0.15) is 12.0 Å². The lowest BCUT2D eigenvalue weighted by molar-refractivity contribution is -0.384. The van der Waals surface area contributed by atoms with Crippen LogP contribution in [-0.2, 0) is 11.1 Å². The zero-order valence-electron chi connectivity index (χ0n) is 12.3. The molecule has 0 radical (unpaired) electrons. The van der Waals surface area contributed by atoms with Gasteiger partial charge < -0.3 is 25.1 Å². The number of non-ortho nitro benzene ring substituents is 1. The largest absolute Gasteiger partial charge is 0.325 e. The summed E-state index contributed by atoms with van der Waals surface area (Å²) in [6.07, 6.45) is -0.0652. The molecule has 0 unspecified atom stereocenters. The molecule has 1 aromatic carbocycles. The Kier molecular flexibility index (Phi) is 5.30. The van der Waals surface area contributed by atoms with E-state index in [0.29, 0.717) is 5.56 Å². The van der Waals surface area contributed by atoms with Crippen LogP contribution < -0.4 is 16.4 Å². The van der Waals surface area contributed by atoms with Crippen LogP contribution in [0.15, 0.2) is 21.7 Å². The second kappa shape index (κ2) is 7.05. The first-order chi connectivity index (χ1) is 11.2. The number of hydrogen-bond acceptors (Lipinski definition) is 6. The van der Waals surface area contributed by atoms with Gasteiger partial charge in [-0.3, -0.25) is 24.3 Å². The fourth-order valence-corrected chi connectivity index (χ4v) is 2.73. The molecule has 1 heterocycles. The van der Waals surface area contributed by atoms with Crippen molar-refractivity contribution in [2.24, 2.45) is 0 Å². The maximum Gasteiger partial charge on any atom is 0.325 e. The number of fused-ring (bicyclic) bond motifs is 1. The van der Waals surface area contributed by atoms with Gasteiger partial charge >= 0.3 is 18.7 Å². The van der Waals surface area contributed by atoms with Gasteiger partial charge in [0.05, 0.1) is 22.1 Å². The minimum atomic E-state index is -4.07. The molecule has 0 aliphatic heterocycles. The molecule has 0 fully saturated rings. The zero-order chi connectivity index (χ0) is 17.9. The monoisotopic (exact) mass is 358 g/mol. The standard InChI is InChI=1S/C12H15N4O7P/c17-11-12(18)15-10-7(6-13-2-1-3-24(21,22)23)4-8(16(19)20)5-9(10)14-11/h4-5,13H,1-3,6H2,(H,14,17)(H,15,18)(H2,21,22,23). The fourth-order valence-electron chi connectivity index (χ4n) is 2.16. The summed E-state index contributed by atoms with van der Waals surface area (Å²) in [6.45, 7) is 0.379. The molecule has 0 amide bonds. The molecule has 130 valence electrons. The third-order valence-corrected chi connectivity index (χ3v) is 4.13. The summed E-state index contributed by atoms with van der Waals surface area (Å²) in [6, 6.07) is 2.40. The number of benzene rings is 1. The number of hydrogen-bond donors (Lipinski definition) is 5. The predicted octanol–water partition coefficient (Wildman–Crippen LogP) is -0.218. The second-order valence-corrected chi connectivity index (χ2v) is 6.89. The van der Waals surface area contributed by atoms with Gasteiger partial charge in [0.1, 0.15) is 0 Å². The Labute approximate surface area is 134 Å². The Morgan fingerprint density at radius 3 is 2.50 bits per heavy atom. The van der Waals surface area contributed by atoms with E-state index >= 15 is 0 Å². The Hall–Kier alpha value is -2.33. The maximum atomic E-state index is 11.5. The highest BCUT2D eigenvalue weighted by Gasteiger charge is 2.14. The van der Waals surface area contributed by atoms with Gasteiger partial charge in [-0.25, -0.2) is 0 Å². The molecule has 11 nitrogen and oxygen atoms in total. The number of nitro benzene ring substituents is 1. The number of H-pyrrole nitrogens is 2. The molecular formula is C12H15N4O7P. The van der Waals surface area contributed by atoms with Crippen LogP contribution in [0.4, 0.5) is 5.69 Å². The van der Waals surface area contributed by atoms with Crippen LogP contribution in [-0.4, -0.2) is 37.4 Å². The van der Waals surface area contributed by atoms with Crippen molar-refractivity contribution in [3.05, 3.63) is 48.5 Å². The average molecular weight is 358 g/mol. The van der Waals surface area contributed by atoms with Crippen molar-refractivity contribution in [3.8, 4) is 0 Å². The average Bonchev–Trinajstić information content (AvgIpc) is 2.46. The van der Waals surface area contributed by atoms with Crippen LogP contribution in [0, 0.1) is 10.1 Å². The highest BCUT2D eigenvalue weighted by Crippen LogP contribution is 2.34. The SMILES string of the molecule is O=c1[nH]c2cc([N+](=O)[O-])cc(CNCCCP(=O)(O)O)c2[nH]c1=O. The van der Waals surface area contributed by atoms with E-state index in [-0.39, 0.29) is 42.4 Å². The summed E-state index contributed by atoms with van der Waals surface area (Å²) in [7, 11) is -4.07. The highest BCUT2D eigenvalue weighted by atomic mass is 31.2. The number of nitro groups is 1. The van der Waals surface area contributed by atoms with E-state index in [1.807, 2.05) is 0 Å². The van der Waals surface area contributed by atoms with Crippen molar-refractivity contribution in [1.29, 1.82) is 0 Å². The molecular weight excluding hydrogens is 343 g/mol. The summed E-state index contributed by atoms with van der Waals surface area (Å²) < 4.78 is 10.7. The van der Waals surface area contributed by atoms with Crippen molar-refractivity contribution in [3.63, 3.8) is 0 Å². The molecule has 0 bridgehead atoms. The van der Waals surface area contributed by atoms with Crippen LogP contribution in [0.3, 0.4) is 0 Å². The molecule has 24 heavy (non-hydrogen) atoms. The van der Waals surface area contributed by atoms with Gasteiger partial charge in [-0.1, -0.05) is 0 Å². The molecule has 12 heteroatoms. The van der Waals surface area contributed by atoms with E-state index in [1.165, 1.54) is 6.07 Å². The van der Waals surface area contributed by atoms with Crippen molar-refractivity contribution in [2.75, 3.05) is 12.7 Å². The first-order valence-corrected chi connectivity index (χ1v) is 8.66. The molecule has 2 aromatic rings. The number of nitrogens with one attached hydrogen (secondary N) is 3. The predicted molar refractivity (Wildman–Crippen MR) is 85.1 cm³/mol. The van der Waals surface area contributed by atoms with Gasteiger partial charge in [0.25, 0.3) is 5.69 Å². The molecule has 0 atom stereocenters. The topological polar surface area (TPSA) is 178 Å². The lowest BCUT2D eigenvalue weighted by Gasteiger charge is -2.08. The smallest absolute Gasteiger partial charge is 0.324 e. The second-order valence-electron chi connectivity index (χ2n) is 5.11. The molecule has 5 N–H and O–H groups in total. The van der Waals surface area contributed by atoms with Crippen LogP contribution in [0.5, 0.6) is 0 Å². The lowest BCUT2D eigenvalue weighted by Crippen LogP contribution is -2.29. The van der Waals surface area contributed by atoms with Gasteiger partial charge in [0.2, 0.25) is 0 Å². The summed E-state index contributed by atoms with van der Waals surface area (Å²) in [5.41, 5.74) is -1.28. The number of nitrogens with zero attached hydrogens (tertiary/aromatic N) is 1. The normalized spacial score (nSPS) is 11.8. The summed E-state index contributed by atoms with van der Waals surface area (Å²) in [5.74, 6) is 0. The first-order valence-electron chi connectivity index (χ1n) is 6.86. The highest BCUT2D eigenvalue weighted by molar-refractivity contribution is 7.51. The van der Waals surface area contributed by atoms with Gasteiger partial charge in [-0.05, 0) is 18.5 Å². The van der Waals surface area contributed by atoms with Gasteiger partial charge in [0, 0.05) is 18.7 Å². The maximum absolute atomic E-state index is 11.5. The van der Waals surface area contributed by atoms with E-state index < -0.39 is 23.6 Å². The zero-order valence-corrected chi connectivity index (χ0v) is 13.2. The van der Waals surface area contributed by atoms with Gasteiger partial charge in [-0.2, -0.15) is 0 Å². The van der Waals surface area contributed by atoms with Gasteiger partial charge in [-0.15, -0.1) is 0 Å². The molecule has 0 aliphatic rings. The van der Waals surface area contributed by atoms with Crippen molar-refractivity contribution >= 4 is 24.3 Å². The Morgan fingerprint density at radius 2 is 1.88 bits per heavy atom. The minimum Gasteiger partial charge on any atom is -0.324 e. The quantitative estimate of drug-likeness (QED) is 0.148. The third-order valence-electron chi connectivity index (χ3n) is 3.23. The Bertz CT molecular complexity index is 929. The van der Waals surface area contributed by atoms with E-state index in [2.05, 4.69) is 15.3 Å². The van der Waals surface area contributed by atoms with E-state index in [9.17, 15) is 24.3 Å². The number of aromatic amines is 2. The van der Waals surface area contributed by atoms with Crippen LogP contribution in [0.25, 0.3) is 11.0 Å².